The summed E-state index contributed by atoms with van der Waals surface area (Å²) in [5.41, 5.74) is 2.91. The summed E-state index contributed by atoms with van der Waals surface area (Å²) in [7, 11) is 1.61. The van der Waals surface area contributed by atoms with Gasteiger partial charge in [0.1, 0.15) is 11.4 Å². The average Bonchev–Trinajstić information content (AvgIpc) is 2.88. The first-order chi connectivity index (χ1) is 10.7. The Bertz CT molecular complexity index is 839. The van der Waals surface area contributed by atoms with Crippen LogP contribution >= 0.6 is 0 Å². The van der Waals surface area contributed by atoms with Crippen molar-refractivity contribution in [2.75, 3.05) is 7.11 Å². The van der Waals surface area contributed by atoms with E-state index < -0.39 is 0 Å². The molecule has 0 aliphatic rings. The zero-order valence-corrected chi connectivity index (χ0v) is 12.4. The third-order valence-electron chi connectivity index (χ3n) is 3.36. The van der Waals surface area contributed by atoms with Crippen LogP contribution in [0.1, 0.15) is 11.3 Å². The van der Waals surface area contributed by atoms with Gasteiger partial charge < -0.3 is 9.84 Å². The second-order valence-corrected chi connectivity index (χ2v) is 4.81. The van der Waals surface area contributed by atoms with Crippen LogP contribution in [0.4, 0.5) is 11.5 Å². The van der Waals surface area contributed by atoms with Gasteiger partial charge in [-0.1, -0.05) is 12.1 Å². The van der Waals surface area contributed by atoms with Crippen molar-refractivity contribution < 1.29 is 9.84 Å². The molecule has 6 nitrogen and oxygen atoms in total. The number of pyridine rings is 1. The Kier molecular flexibility index (Phi) is 3.84. The molecule has 0 spiro atoms. The number of methoxy groups -OCH3 is 1. The molecule has 0 saturated carbocycles. The first-order valence-electron chi connectivity index (χ1n) is 6.86. The number of rotatable bonds is 4. The molecule has 0 aliphatic carbocycles. The molecule has 22 heavy (non-hydrogen) atoms. The number of aliphatic hydroxyl groups is 1. The quantitative estimate of drug-likeness (QED) is 0.748. The summed E-state index contributed by atoms with van der Waals surface area (Å²) in [5, 5.41) is 17.9. The predicted octanol–water partition coefficient (Wildman–Crippen LogP) is 3.56. The molecular weight excluding hydrogens is 280 g/mol. The van der Waals surface area contributed by atoms with Gasteiger partial charge in [-0.15, -0.1) is 10.2 Å². The van der Waals surface area contributed by atoms with Crippen LogP contribution in [0.5, 0.6) is 5.75 Å². The molecule has 0 atom stereocenters. The number of azo groups is 1. The summed E-state index contributed by atoms with van der Waals surface area (Å²) >= 11 is 0. The van der Waals surface area contributed by atoms with Gasteiger partial charge in [-0.05, 0) is 25.1 Å². The van der Waals surface area contributed by atoms with Gasteiger partial charge in [0.05, 0.1) is 25.1 Å². The maximum atomic E-state index is 9.38. The monoisotopic (exact) mass is 296 g/mol. The number of ether oxygens (including phenoxy) is 1. The highest BCUT2D eigenvalue weighted by Crippen LogP contribution is 2.26. The van der Waals surface area contributed by atoms with E-state index in [0.717, 1.165) is 17.0 Å². The van der Waals surface area contributed by atoms with E-state index in [1.165, 1.54) is 0 Å². The molecule has 3 aromatic rings. The molecule has 0 fully saturated rings. The highest BCUT2D eigenvalue weighted by molar-refractivity contribution is 5.56. The van der Waals surface area contributed by atoms with Crippen molar-refractivity contribution in [3.8, 4) is 5.75 Å². The van der Waals surface area contributed by atoms with Crippen LogP contribution in [0.3, 0.4) is 0 Å². The first kappa shape index (κ1) is 14.2. The molecule has 1 aromatic carbocycles. The number of aliphatic hydroxyl groups excluding tert-OH is 1. The molecule has 1 N–H and O–H groups in total. The van der Waals surface area contributed by atoms with E-state index in [0.29, 0.717) is 17.2 Å². The lowest BCUT2D eigenvalue weighted by Crippen LogP contribution is -1.90. The normalized spacial score (nSPS) is 11.4. The highest BCUT2D eigenvalue weighted by atomic mass is 16.5. The summed E-state index contributed by atoms with van der Waals surface area (Å²) in [6.45, 7) is 1.81. The van der Waals surface area contributed by atoms with Crippen molar-refractivity contribution in [3.05, 3.63) is 53.9 Å². The molecule has 2 aromatic heterocycles. The minimum Gasteiger partial charge on any atom is -0.497 e. The number of hydrogen-bond donors (Lipinski definition) is 1. The van der Waals surface area contributed by atoms with Crippen molar-refractivity contribution in [3.63, 3.8) is 0 Å². The third-order valence-corrected chi connectivity index (χ3v) is 3.36. The van der Waals surface area contributed by atoms with Crippen LogP contribution in [-0.4, -0.2) is 21.6 Å². The van der Waals surface area contributed by atoms with Crippen LogP contribution in [0.2, 0.25) is 0 Å². The van der Waals surface area contributed by atoms with E-state index in [-0.39, 0.29) is 6.61 Å². The largest absolute Gasteiger partial charge is 0.497 e. The molecule has 6 heteroatoms. The van der Waals surface area contributed by atoms with E-state index in [1.54, 1.807) is 13.2 Å². The van der Waals surface area contributed by atoms with E-state index >= 15 is 0 Å². The number of fused-ring (bicyclic) bond motifs is 1. The van der Waals surface area contributed by atoms with Crippen LogP contribution in [-0.2, 0) is 6.61 Å². The van der Waals surface area contributed by atoms with E-state index in [1.807, 2.05) is 47.9 Å². The highest BCUT2D eigenvalue weighted by Gasteiger charge is 2.10. The number of benzene rings is 1. The summed E-state index contributed by atoms with van der Waals surface area (Å²) in [6, 6.07) is 11.1. The third kappa shape index (κ3) is 2.56. The van der Waals surface area contributed by atoms with E-state index in [9.17, 15) is 5.11 Å². The Balaban J connectivity index is 2.03. The topological polar surface area (TPSA) is 71.5 Å². The Morgan fingerprint density at radius 1 is 1.23 bits per heavy atom. The molecule has 0 saturated heterocycles. The van der Waals surface area contributed by atoms with Crippen LogP contribution < -0.4 is 4.74 Å². The van der Waals surface area contributed by atoms with Gasteiger partial charge in [-0.25, -0.2) is 4.98 Å². The second-order valence-electron chi connectivity index (χ2n) is 4.81. The number of aryl methyl sites for hydroxylation is 1. The standard InChI is InChI=1S/C16H16N4O2/c1-11-15(19-18-13-6-3-7-14(9-13)22-2)20-8-4-5-12(10-21)16(20)17-11/h3-9,21H,10H2,1-2H3. The molecule has 0 bridgehead atoms. The van der Waals surface area contributed by atoms with E-state index in [4.69, 9.17) is 4.74 Å². The zero-order chi connectivity index (χ0) is 15.5. The molecule has 0 amide bonds. The summed E-state index contributed by atoms with van der Waals surface area (Å²) < 4.78 is 6.99. The molecule has 2 heterocycles. The Morgan fingerprint density at radius 2 is 2.09 bits per heavy atom. The van der Waals surface area contributed by atoms with Gasteiger partial charge in [-0.3, -0.25) is 4.40 Å². The summed E-state index contributed by atoms with van der Waals surface area (Å²) in [4.78, 5) is 4.45. The molecule has 0 unspecified atom stereocenters. The fourth-order valence-electron chi connectivity index (χ4n) is 2.25. The van der Waals surface area contributed by atoms with Gasteiger partial charge in [-0.2, -0.15) is 0 Å². The van der Waals surface area contributed by atoms with Crippen molar-refractivity contribution >= 4 is 17.2 Å². The van der Waals surface area contributed by atoms with Crippen molar-refractivity contribution in [2.24, 2.45) is 10.2 Å². The number of hydrogen-bond acceptors (Lipinski definition) is 5. The summed E-state index contributed by atoms with van der Waals surface area (Å²) in [5.74, 6) is 1.38. The van der Waals surface area contributed by atoms with Gasteiger partial charge in [0.25, 0.3) is 0 Å². The maximum Gasteiger partial charge on any atom is 0.182 e. The van der Waals surface area contributed by atoms with E-state index in [2.05, 4.69) is 15.2 Å². The van der Waals surface area contributed by atoms with Crippen LogP contribution in [0.25, 0.3) is 5.65 Å². The van der Waals surface area contributed by atoms with Crippen LogP contribution in [0.15, 0.2) is 52.8 Å². The van der Waals surface area contributed by atoms with Crippen molar-refractivity contribution in [1.82, 2.24) is 9.38 Å². The number of aromatic nitrogens is 2. The molecule has 0 radical (unpaired) electrons. The summed E-state index contributed by atoms with van der Waals surface area (Å²) in [6.07, 6.45) is 1.86. The van der Waals surface area contributed by atoms with Gasteiger partial charge in [0.2, 0.25) is 0 Å². The maximum absolute atomic E-state index is 9.38. The van der Waals surface area contributed by atoms with Crippen molar-refractivity contribution in [1.29, 1.82) is 0 Å². The first-order valence-corrected chi connectivity index (χ1v) is 6.86. The molecular formula is C16H16N4O2. The molecule has 0 aliphatic heterocycles. The van der Waals surface area contributed by atoms with Crippen molar-refractivity contribution in [2.45, 2.75) is 13.5 Å². The minimum atomic E-state index is -0.0622. The second kappa shape index (κ2) is 5.95. The number of imidazole rings is 1. The van der Waals surface area contributed by atoms with Gasteiger partial charge >= 0.3 is 0 Å². The Hall–Kier alpha value is -2.73. The average molecular weight is 296 g/mol. The smallest absolute Gasteiger partial charge is 0.182 e. The molecule has 3 rings (SSSR count). The fourth-order valence-corrected chi connectivity index (χ4v) is 2.25. The minimum absolute atomic E-state index is 0.0622. The van der Waals surface area contributed by atoms with Gasteiger partial charge in [0.15, 0.2) is 5.82 Å². The number of nitrogens with zero attached hydrogens (tertiary/aromatic N) is 4. The lowest BCUT2D eigenvalue weighted by atomic mass is 10.3. The fraction of sp³-hybridized carbons (Fsp3) is 0.188. The molecule has 112 valence electrons. The SMILES string of the molecule is COc1cccc(N=Nc2c(C)nc3c(CO)cccn23)c1. The Labute approximate surface area is 127 Å². The lowest BCUT2D eigenvalue weighted by molar-refractivity contribution is 0.282. The zero-order valence-electron chi connectivity index (χ0n) is 12.4. The Morgan fingerprint density at radius 3 is 2.86 bits per heavy atom. The lowest BCUT2D eigenvalue weighted by Gasteiger charge is -2.01. The predicted molar refractivity (Wildman–Crippen MR) is 83.0 cm³/mol. The van der Waals surface area contributed by atoms with Gasteiger partial charge in [0, 0.05) is 17.8 Å². The van der Waals surface area contributed by atoms with Crippen LogP contribution in [0, 0.1) is 6.92 Å².